The first-order valence-corrected chi connectivity index (χ1v) is 8.18. The van der Waals surface area contributed by atoms with Crippen molar-refractivity contribution in [3.63, 3.8) is 0 Å². The Morgan fingerprint density at radius 1 is 1.23 bits per heavy atom. The zero-order valence-corrected chi connectivity index (χ0v) is 14.8. The van der Waals surface area contributed by atoms with E-state index in [1.807, 2.05) is 0 Å². The molecule has 8 heteroatoms. The quantitative estimate of drug-likeness (QED) is 0.735. The fraction of sp³-hybridized carbons (Fsp3) is 0.167. The molecule has 7 nitrogen and oxygen atoms in total. The van der Waals surface area contributed by atoms with Crippen LogP contribution >= 0.6 is 11.6 Å². The number of hydrogen-bond acceptors (Lipinski definition) is 4. The number of hydrogen-bond donors (Lipinski definition) is 2. The molecule has 1 amide bonds. The van der Waals surface area contributed by atoms with Crippen LogP contribution in [0.25, 0.3) is 10.9 Å². The number of para-hydroxylation sites is 1. The number of benzene rings is 2. The average molecular weight is 374 g/mol. The first-order chi connectivity index (χ1) is 12.4. The lowest BCUT2D eigenvalue weighted by molar-refractivity contribution is -0.119. The summed E-state index contributed by atoms with van der Waals surface area (Å²) >= 11 is 6.04. The number of aromatic amines is 1. The summed E-state index contributed by atoms with van der Waals surface area (Å²) in [7, 11) is 1.49. The zero-order valence-electron chi connectivity index (χ0n) is 14.1. The predicted octanol–water partition coefficient (Wildman–Crippen LogP) is 2.55. The van der Waals surface area contributed by atoms with Crippen LogP contribution < -0.4 is 21.3 Å². The normalized spacial score (nSPS) is 12.0. The number of methoxy groups -OCH3 is 1. The molecular formula is C18H16ClN3O4. The summed E-state index contributed by atoms with van der Waals surface area (Å²) in [4.78, 5) is 40.0. The number of halogens is 1. The maximum Gasteiger partial charge on any atom is 0.329 e. The summed E-state index contributed by atoms with van der Waals surface area (Å²) in [6.07, 6.45) is 0. The van der Waals surface area contributed by atoms with Crippen molar-refractivity contribution in [2.24, 2.45) is 0 Å². The van der Waals surface area contributed by atoms with Crippen LogP contribution in [0.5, 0.6) is 5.75 Å². The molecule has 2 N–H and O–H groups in total. The first kappa shape index (κ1) is 17.8. The molecule has 1 heterocycles. The van der Waals surface area contributed by atoms with Crippen LogP contribution in [0.15, 0.2) is 52.1 Å². The number of H-pyrrole nitrogens is 1. The van der Waals surface area contributed by atoms with Gasteiger partial charge in [-0.3, -0.25) is 9.59 Å². The number of nitrogens with one attached hydrogen (secondary N) is 2. The molecule has 26 heavy (non-hydrogen) atoms. The molecule has 2 aromatic carbocycles. The van der Waals surface area contributed by atoms with Crippen molar-refractivity contribution < 1.29 is 9.53 Å². The number of nitrogens with zero attached hydrogens (tertiary/aromatic N) is 1. The van der Waals surface area contributed by atoms with E-state index in [0.717, 1.165) is 4.57 Å². The highest BCUT2D eigenvalue weighted by molar-refractivity contribution is 6.32. The topological polar surface area (TPSA) is 93.2 Å². The lowest BCUT2D eigenvalue weighted by atomic mass is 10.2. The Labute approximate surface area is 153 Å². The highest BCUT2D eigenvalue weighted by atomic mass is 35.5. The Morgan fingerprint density at radius 2 is 1.96 bits per heavy atom. The van der Waals surface area contributed by atoms with Crippen LogP contribution in [0.1, 0.15) is 13.0 Å². The Morgan fingerprint density at radius 3 is 2.65 bits per heavy atom. The fourth-order valence-electron chi connectivity index (χ4n) is 2.64. The molecule has 0 saturated heterocycles. The van der Waals surface area contributed by atoms with Gasteiger partial charge in [-0.2, -0.15) is 0 Å². The maximum atomic E-state index is 12.6. The molecule has 0 aliphatic heterocycles. The van der Waals surface area contributed by atoms with Gasteiger partial charge in [0.25, 0.3) is 5.56 Å². The minimum Gasteiger partial charge on any atom is -0.495 e. The van der Waals surface area contributed by atoms with Crippen LogP contribution in [0.3, 0.4) is 0 Å². The van der Waals surface area contributed by atoms with Crippen molar-refractivity contribution in [3.05, 3.63) is 68.3 Å². The van der Waals surface area contributed by atoms with Gasteiger partial charge in [0, 0.05) is 5.69 Å². The van der Waals surface area contributed by atoms with E-state index in [0.29, 0.717) is 27.4 Å². The lowest BCUT2D eigenvalue weighted by Crippen LogP contribution is -2.41. The van der Waals surface area contributed by atoms with Crippen molar-refractivity contribution in [3.8, 4) is 5.75 Å². The number of carbonyl (C=O) groups is 1. The molecule has 3 rings (SSSR count). The zero-order chi connectivity index (χ0) is 18.8. The molecule has 3 aromatic rings. The van der Waals surface area contributed by atoms with Crippen molar-refractivity contribution in [1.29, 1.82) is 0 Å². The van der Waals surface area contributed by atoms with Gasteiger partial charge in [0.05, 0.1) is 23.0 Å². The second kappa shape index (κ2) is 7.05. The van der Waals surface area contributed by atoms with Crippen molar-refractivity contribution in [2.75, 3.05) is 12.4 Å². The van der Waals surface area contributed by atoms with Gasteiger partial charge < -0.3 is 15.0 Å². The minimum absolute atomic E-state index is 0.332. The molecule has 0 saturated carbocycles. The molecule has 0 aliphatic carbocycles. The van der Waals surface area contributed by atoms with Crippen molar-refractivity contribution >= 4 is 34.1 Å². The van der Waals surface area contributed by atoms with Crippen molar-refractivity contribution in [2.45, 2.75) is 13.0 Å². The molecular weight excluding hydrogens is 358 g/mol. The van der Waals surface area contributed by atoms with Gasteiger partial charge in [0.1, 0.15) is 11.8 Å². The number of carbonyl (C=O) groups excluding carboxylic acids is 1. The predicted molar refractivity (Wildman–Crippen MR) is 100 cm³/mol. The van der Waals surface area contributed by atoms with E-state index < -0.39 is 23.2 Å². The summed E-state index contributed by atoms with van der Waals surface area (Å²) < 4.78 is 5.95. The third-order valence-electron chi connectivity index (χ3n) is 4.02. The second-order valence-corrected chi connectivity index (χ2v) is 6.07. The minimum atomic E-state index is -1.02. The second-order valence-electron chi connectivity index (χ2n) is 5.67. The molecule has 134 valence electrons. The van der Waals surface area contributed by atoms with Crippen LogP contribution in [-0.2, 0) is 4.79 Å². The average Bonchev–Trinajstić information content (AvgIpc) is 2.61. The van der Waals surface area contributed by atoms with E-state index in [9.17, 15) is 14.4 Å². The molecule has 1 aromatic heterocycles. The number of anilines is 1. The Hall–Kier alpha value is -3.06. The molecule has 0 unspecified atom stereocenters. The summed E-state index contributed by atoms with van der Waals surface area (Å²) in [6, 6.07) is 10.4. The van der Waals surface area contributed by atoms with E-state index in [-0.39, 0.29) is 0 Å². The maximum absolute atomic E-state index is 12.6. The number of fused-ring (bicyclic) bond motifs is 1. The molecule has 0 bridgehead atoms. The standard InChI is InChI=1S/C18H16ClN3O4/c1-10(16(23)20-11-7-8-15(26-2)13(19)9-11)22-17(24)12-5-3-4-6-14(12)21-18(22)25/h3-10H,1-2H3,(H,20,23)(H,21,25)/t10-/m0/s1. The molecule has 0 aliphatic rings. The highest BCUT2D eigenvalue weighted by Gasteiger charge is 2.20. The van der Waals surface area contributed by atoms with E-state index in [4.69, 9.17) is 16.3 Å². The third kappa shape index (κ3) is 3.21. The number of rotatable bonds is 4. The molecule has 0 fully saturated rings. The van der Waals surface area contributed by atoms with Gasteiger partial charge in [-0.15, -0.1) is 0 Å². The number of amides is 1. The Bertz CT molecular complexity index is 1100. The van der Waals surface area contributed by atoms with E-state index in [1.165, 1.54) is 20.1 Å². The molecule has 0 radical (unpaired) electrons. The van der Waals surface area contributed by atoms with Gasteiger partial charge in [-0.1, -0.05) is 23.7 Å². The summed E-state index contributed by atoms with van der Waals surface area (Å²) in [6.45, 7) is 1.48. The van der Waals surface area contributed by atoms with Crippen LogP contribution in [0, 0.1) is 0 Å². The van der Waals surface area contributed by atoms with E-state index in [2.05, 4.69) is 10.3 Å². The summed E-state index contributed by atoms with van der Waals surface area (Å²) in [5.41, 5.74) is -0.324. The molecule has 0 spiro atoms. The number of ether oxygens (including phenoxy) is 1. The van der Waals surface area contributed by atoms with Crippen LogP contribution in [-0.4, -0.2) is 22.6 Å². The third-order valence-corrected chi connectivity index (χ3v) is 4.32. The Kier molecular flexibility index (Phi) is 4.81. The van der Waals surface area contributed by atoms with Gasteiger partial charge in [0.2, 0.25) is 5.91 Å². The fourth-order valence-corrected chi connectivity index (χ4v) is 2.89. The van der Waals surface area contributed by atoms with Crippen molar-refractivity contribution in [1.82, 2.24) is 9.55 Å². The van der Waals surface area contributed by atoms with Gasteiger partial charge in [-0.05, 0) is 37.3 Å². The summed E-state index contributed by atoms with van der Waals surface area (Å²) in [5, 5.41) is 3.31. The van der Waals surface area contributed by atoms with Gasteiger partial charge >= 0.3 is 5.69 Å². The number of aromatic nitrogens is 2. The van der Waals surface area contributed by atoms with Gasteiger partial charge in [0.15, 0.2) is 0 Å². The lowest BCUT2D eigenvalue weighted by Gasteiger charge is -2.15. The largest absolute Gasteiger partial charge is 0.495 e. The monoisotopic (exact) mass is 373 g/mol. The van der Waals surface area contributed by atoms with E-state index >= 15 is 0 Å². The smallest absolute Gasteiger partial charge is 0.329 e. The highest BCUT2D eigenvalue weighted by Crippen LogP contribution is 2.27. The van der Waals surface area contributed by atoms with Crippen LogP contribution in [0.2, 0.25) is 5.02 Å². The Balaban J connectivity index is 1.94. The van der Waals surface area contributed by atoms with E-state index in [1.54, 1.807) is 36.4 Å². The van der Waals surface area contributed by atoms with Crippen LogP contribution in [0.4, 0.5) is 5.69 Å². The van der Waals surface area contributed by atoms with Gasteiger partial charge in [-0.25, -0.2) is 9.36 Å². The SMILES string of the molecule is COc1ccc(NC(=O)[C@H](C)n2c(=O)[nH]c3ccccc3c2=O)cc1Cl. The summed E-state index contributed by atoms with van der Waals surface area (Å²) in [5.74, 6) is -0.0472. The first-order valence-electron chi connectivity index (χ1n) is 7.80. The molecule has 1 atom stereocenters.